The van der Waals surface area contributed by atoms with Crippen molar-refractivity contribution in [2.75, 3.05) is 6.54 Å². The van der Waals surface area contributed by atoms with Gasteiger partial charge in [-0.15, -0.1) is 0 Å². The Hall–Kier alpha value is -1.34. The number of amides is 1. The molecule has 0 fully saturated rings. The van der Waals surface area contributed by atoms with Crippen molar-refractivity contribution in [3.05, 3.63) is 35.4 Å². The molecule has 17 heavy (non-hydrogen) atoms. The van der Waals surface area contributed by atoms with E-state index in [1.54, 1.807) is 24.3 Å². The van der Waals surface area contributed by atoms with Crippen molar-refractivity contribution in [2.45, 2.75) is 24.6 Å². The normalized spacial score (nSPS) is 11.6. The smallest absolute Gasteiger partial charge is 0.251 e. The van der Waals surface area contributed by atoms with Crippen LogP contribution in [0.2, 0.25) is 0 Å². The van der Waals surface area contributed by atoms with Crippen LogP contribution in [-0.2, 0) is 0 Å². The molecular weight excluding hydrogens is 280 g/mol. The van der Waals surface area contributed by atoms with E-state index in [0.29, 0.717) is 22.5 Å². The number of nitrogens with zero attached hydrogens (tertiary/aromatic N) is 1. The van der Waals surface area contributed by atoms with Crippen molar-refractivity contribution in [3.8, 4) is 6.07 Å². The Morgan fingerprint density at radius 2 is 2.12 bits per heavy atom. The lowest BCUT2D eigenvalue weighted by molar-refractivity contribution is 0.0953. The van der Waals surface area contributed by atoms with E-state index < -0.39 is 0 Å². The van der Waals surface area contributed by atoms with Crippen LogP contribution in [0, 0.1) is 11.3 Å². The van der Waals surface area contributed by atoms with E-state index >= 15 is 0 Å². The minimum Gasteiger partial charge on any atom is -0.352 e. The van der Waals surface area contributed by atoms with Gasteiger partial charge in [0.05, 0.1) is 11.6 Å². The minimum atomic E-state index is -0.0864. The highest BCUT2D eigenvalue weighted by molar-refractivity contribution is 9.09. The summed E-state index contributed by atoms with van der Waals surface area (Å²) in [7, 11) is 0. The van der Waals surface area contributed by atoms with Crippen LogP contribution in [0.1, 0.15) is 35.7 Å². The summed E-state index contributed by atoms with van der Waals surface area (Å²) in [6, 6.07) is 8.65. The molecule has 0 bridgehead atoms. The Bertz CT molecular complexity index is 406. The lowest BCUT2D eigenvalue weighted by Crippen LogP contribution is -2.24. The first-order chi connectivity index (χ1) is 8.13. The zero-order valence-electron chi connectivity index (χ0n) is 9.74. The van der Waals surface area contributed by atoms with E-state index in [1.807, 2.05) is 6.07 Å². The summed E-state index contributed by atoms with van der Waals surface area (Å²) in [4.78, 5) is 12.2. The van der Waals surface area contributed by atoms with Gasteiger partial charge in [-0.25, -0.2) is 0 Å². The van der Waals surface area contributed by atoms with Crippen molar-refractivity contribution in [3.63, 3.8) is 0 Å². The number of halogens is 1. The lowest BCUT2D eigenvalue weighted by Gasteiger charge is -2.06. The van der Waals surface area contributed by atoms with Gasteiger partial charge in [0.1, 0.15) is 0 Å². The molecule has 1 atom stereocenters. The van der Waals surface area contributed by atoms with E-state index in [1.165, 1.54) is 0 Å². The highest BCUT2D eigenvalue weighted by atomic mass is 79.9. The number of nitriles is 1. The monoisotopic (exact) mass is 294 g/mol. The predicted molar refractivity (Wildman–Crippen MR) is 71.1 cm³/mol. The third-order valence-corrected chi connectivity index (χ3v) is 2.80. The van der Waals surface area contributed by atoms with Gasteiger partial charge < -0.3 is 5.32 Å². The first-order valence-electron chi connectivity index (χ1n) is 5.56. The van der Waals surface area contributed by atoms with E-state index in [-0.39, 0.29) is 5.91 Å². The van der Waals surface area contributed by atoms with Gasteiger partial charge in [-0.1, -0.05) is 22.9 Å². The molecule has 0 radical (unpaired) electrons. The molecule has 90 valence electrons. The molecule has 0 aliphatic heterocycles. The zero-order valence-corrected chi connectivity index (χ0v) is 11.3. The molecule has 1 unspecified atom stereocenters. The van der Waals surface area contributed by atoms with Crippen molar-refractivity contribution in [1.82, 2.24) is 5.32 Å². The fourth-order valence-corrected chi connectivity index (χ4v) is 1.71. The van der Waals surface area contributed by atoms with Gasteiger partial charge in [0, 0.05) is 16.9 Å². The van der Waals surface area contributed by atoms with Crippen LogP contribution in [0.4, 0.5) is 0 Å². The SMILES string of the molecule is CC(Br)CCCNC(=O)c1ccc(C#N)cc1. The fraction of sp³-hybridized carbons (Fsp3) is 0.385. The summed E-state index contributed by atoms with van der Waals surface area (Å²) in [5.41, 5.74) is 1.16. The predicted octanol–water partition coefficient (Wildman–Crippen LogP) is 2.85. The van der Waals surface area contributed by atoms with Crippen LogP contribution >= 0.6 is 15.9 Å². The summed E-state index contributed by atoms with van der Waals surface area (Å²) in [5, 5.41) is 11.5. The van der Waals surface area contributed by atoms with E-state index in [0.717, 1.165) is 12.8 Å². The van der Waals surface area contributed by atoms with Gasteiger partial charge in [0.15, 0.2) is 0 Å². The van der Waals surface area contributed by atoms with Crippen LogP contribution in [0.15, 0.2) is 24.3 Å². The largest absolute Gasteiger partial charge is 0.352 e. The molecule has 0 spiro atoms. The third-order valence-electron chi connectivity index (χ3n) is 2.34. The standard InChI is InChI=1S/C13H15BrN2O/c1-10(14)3-2-8-16-13(17)12-6-4-11(9-15)5-7-12/h4-7,10H,2-3,8H2,1H3,(H,16,17). The van der Waals surface area contributed by atoms with Crippen LogP contribution in [0.25, 0.3) is 0 Å². The highest BCUT2D eigenvalue weighted by Crippen LogP contribution is 2.06. The second-order valence-corrected chi connectivity index (χ2v) is 5.43. The molecule has 1 amide bonds. The van der Waals surface area contributed by atoms with E-state index in [9.17, 15) is 4.79 Å². The maximum atomic E-state index is 11.7. The zero-order chi connectivity index (χ0) is 12.7. The van der Waals surface area contributed by atoms with Crippen LogP contribution < -0.4 is 5.32 Å². The second kappa shape index (κ2) is 7.08. The van der Waals surface area contributed by atoms with Crippen LogP contribution in [0.3, 0.4) is 0 Å². The summed E-state index contributed by atoms with van der Waals surface area (Å²) < 4.78 is 0. The molecule has 3 nitrogen and oxygen atoms in total. The van der Waals surface area contributed by atoms with Crippen LogP contribution in [0.5, 0.6) is 0 Å². The molecule has 0 saturated carbocycles. The highest BCUT2D eigenvalue weighted by Gasteiger charge is 2.04. The number of benzene rings is 1. The average molecular weight is 295 g/mol. The van der Waals surface area contributed by atoms with Gasteiger partial charge in [-0.3, -0.25) is 4.79 Å². The average Bonchev–Trinajstić information content (AvgIpc) is 2.34. The number of hydrogen-bond donors (Lipinski definition) is 1. The topological polar surface area (TPSA) is 52.9 Å². The number of alkyl halides is 1. The summed E-state index contributed by atoms with van der Waals surface area (Å²) >= 11 is 3.46. The van der Waals surface area contributed by atoms with Gasteiger partial charge in [0.2, 0.25) is 0 Å². The van der Waals surface area contributed by atoms with Gasteiger partial charge >= 0.3 is 0 Å². The fourth-order valence-electron chi connectivity index (χ4n) is 1.38. The Morgan fingerprint density at radius 1 is 1.47 bits per heavy atom. The van der Waals surface area contributed by atoms with Crippen molar-refractivity contribution < 1.29 is 4.79 Å². The van der Waals surface area contributed by atoms with Gasteiger partial charge in [-0.2, -0.15) is 5.26 Å². The Labute approximate surface area is 110 Å². The van der Waals surface area contributed by atoms with Gasteiger partial charge in [-0.05, 0) is 37.1 Å². The number of carbonyl (C=O) groups excluding carboxylic acids is 1. The molecule has 1 aromatic carbocycles. The molecule has 0 heterocycles. The Balaban J connectivity index is 2.39. The summed E-state index contributed by atoms with van der Waals surface area (Å²) in [6.07, 6.45) is 1.99. The van der Waals surface area contributed by atoms with Crippen molar-refractivity contribution in [2.24, 2.45) is 0 Å². The Kier molecular flexibility index (Phi) is 5.71. The first kappa shape index (κ1) is 13.7. The maximum absolute atomic E-state index is 11.7. The van der Waals surface area contributed by atoms with Crippen molar-refractivity contribution in [1.29, 1.82) is 5.26 Å². The second-order valence-electron chi connectivity index (χ2n) is 3.87. The summed E-state index contributed by atoms with van der Waals surface area (Å²) in [5.74, 6) is -0.0864. The number of hydrogen-bond acceptors (Lipinski definition) is 2. The molecule has 4 heteroatoms. The molecule has 1 N–H and O–H groups in total. The van der Waals surface area contributed by atoms with E-state index in [2.05, 4.69) is 28.2 Å². The molecule has 0 aromatic heterocycles. The molecule has 0 aliphatic rings. The molecule has 1 aromatic rings. The summed E-state index contributed by atoms with van der Waals surface area (Å²) in [6.45, 7) is 2.76. The molecule has 1 rings (SSSR count). The van der Waals surface area contributed by atoms with Crippen LogP contribution in [-0.4, -0.2) is 17.3 Å². The lowest BCUT2D eigenvalue weighted by atomic mass is 10.1. The third kappa shape index (κ3) is 5.01. The quantitative estimate of drug-likeness (QED) is 0.671. The first-order valence-corrected chi connectivity index (χ1v) is 6.47. The number of rotatable bonds is 5. The van der Waals surface area contributed by atoms with E-state index in [4.69, 9.17) is 5.26 Å². The molecular formula is C13H15BrN2O. The molecule has 0 saturated heterocycles. The number of nitrogens with one attached hydrogen (secondary N) is 1. The van der Waals surface area contributed by atoms with Gasteiger partial charge in [0.25, 0.3) is 5.91 Å². The molecule has 0 aliphatic carbocycles. The number of carbonyl (C=O) groups is 1. The minimum absolute atomic E-state index is 0.0864. The Morgan fingerprint density at radius 3 is 2.65 bits per heavy atom. The maximum Gasteiger partial charge on any atom is 0.251 e. The van der Waals surface area contributed by atoms with Crippen molar-refractivity contribution >= 4 is 21.8 Å².